The molecule has 0 heterocycles. The zero-order valence-electron chi connectivity index (χ0n) is 14.0. The Morgan fingerprint density at radius 1 is 1.04 bits per heavy atom. The number of benzene rings is 2. The predicted molar refractivity (Wildman–Crippen MR) is 97.6 cm³/mol. The van der Waals surface area contributed by atoms with Gasteiger partial charge in [0.1, 0.15) is 6.61 Å². The number of hydrogen-bond donors (Lipinski definition) is 1. The number of halogens is 1. The first-order chi connectivity index (χ1) is 10.7. The van der Waals surface area contributed by atoms with E-state index in [2.05, 4.69) is 37.4 Å². The van der Waals surface area contributed by atoms with Crippen molar-refractivity contribution < 1.29 is 9.47 Å². The average molecular weight is 336 g/mol. The maximum absolute atomic E-state index is 6.05. The molecule has 0 bridgehead atoms. The summed E-state index contributed by atoms with van der Waals surface area (Å²) in [5.74, 6) is 1.60. The third-order valence-corrected chi connectivity index (χ3v) is 3.76. The molecular formula is C19H26ClNO2. The van der Waals surface area contributed by atoms with Crippen LogP contribution >= 0.6 is 12.4 Å². The SMILES string of the molecule is CCC(C)NCc1cccc(OC)c1OCc1ccccc1.Cl. The topological polar surface area (TPSA) is 30.5 Å². The maximum atomic E-state index is 6.05. The molecule has 1 N–H and O–H groups in total. The van der Waals surface area contributed by atoms with E-state index in [-0.39, 0.29) is 12.4 Å². The first kappa shape index (κ1) is 19.3. The Balaban J connectivity index is 0.00000264. The minimum Gasteiger partial charge on any atom is -0.493 e. The summed E-state index contributed by atoms with van der Waals surface area (Å²) in [6, 6.07) is 16.7. The minimum atomic E-state index is 0. The molecule has 0 amide bonds. The lowest BCUT2D eigenvalue weighted by molar-refractivity contribution is 0.280. The van der Waals surface area contributed by atoms with Crippen LogP contribution in [0.25, 0.3) is 0 Å². The number of nitrogens with one attached hydrogen (secondary N) is 1. The average Bonchev–Trinajstić information content (AvgIpc) is 2.58. The molecule has 0 saturated heterocycles. The third-order valence-electron chi connectivity index (χ3n) is 3.76. The molecule has 2 aromatic rings. The largest absolute Gasteiger partial charge is 0.493 e. The van der Waals surface area contributed by atoms with Gasteiger partial charge < -0.3 is 14.8 Å². The van der Waals surface area contributed by atoms with Gasteiger partial charge in [-0.3, -0.25) is 0 Å². The van der Waals surface area contributed by atoms with Crippen molar-refractivity contribution in [2.45, 2.75) is 39.5 Å². The fourth-order valence-electron chi connectivity index (χ4n) is 2.18. The van der Waals surface area contributed by atoms with Crippen molar-refractivity contribution in [3.63, 3.8) is 0 Å². The van der Waals surface area contributed by atoms with Crippen molar-refractivity contribution in [2.24, 2.45) is 0 Å². The molecule has 23 heavy (non-hydrogen) atoms. The first-order valence-corrected chi connectivity index (χ1v) is 7.80. The molecule has 0 spiro atoms. The van der Waals surface area contributed by atoms with Crippen LogP contribution in [0.5, 0.6) is 11.5 Å². The van der Waals surface area contributed by atoms with Crippen LogP contribution in [0.1, 0.15) is 31.4 Å². The highest BCUT2D eigenvalue weighted by molar-refractivity contribution is 5.85. The van der Waals surface area contributed by atoms with E-state index >= 15 is 0 Å². The Hall–Kier alpha value is -1.71. The Kier molecular flexibility index (Phi) is 8.52. The summed E-state index contributed by atoms with van der Waals surface area (Å²) in [4.78, 5) is 0. The summed E-state index contributed by atoms with van der Waals surface area (Å²) in [5, 5.41) is 3.50. The van der Waals surface area contributed by atoms with Crippen LogP contribution in [0.3, 0.4) is 0 Å². The van der Waals surface area contributed by atoms with E-state index in [1.165, 1.54) is 0 Å². The minimum absolute atomic E-state index is 0. The van der Waals surface area contributed by atoms with Crippen LogP contribution < -0.4 is 14.8 Å². The van der Waals surface area contributed by atoms with E-state index in [9.17, 15) is 0 Å². The number of para-hydroxylation sites is 1. The standard InChI is InChI=1S/C19H25NO2.ClH/c1-4-15(2)20-13-17-11-8-12-18(21-3)19(17)22-14-16-9-6-5-7-10-16;/h5-12,15,20H,4,13-14H2,1-3H3;1H. The van der Waals surface area contributed by atoms with Crippen LogP contribution in [0.2, 0.25) is 0 Å². The summed E-state index contributed by atoms with van der Waals surface area (Å²) in [7, 11) is 1.68. The molecule has 0 aromatic heterocycles. The highest BCUT2D eigenvalue weighted by atomic mass is 35.5. The van der Waals surface area contributed by atoms with Gasteiger partial charge in [-0.15, -0.1) is 12.4 Å². The zero-order chi connectivity index (χ0) is 15.8. The molecule has 1 unspecified atom stereocenters. The van der Waals surface area contributed by atoms with E-state index < -0.39 is 0 Å². The van der Waals surface area contributed by atoms with Crippen molar-refractivity contribution >= 4 is 12.4 Å². The van der Waals surface area contributed by atoms with Gasteiger partial charge in [0.15, 0.2) is 11.5 Å². The van der Waals surface area contributed by atoms with E-state index in [1.807, 2.05) is 30.3 Å². The molecule has 0 saturated carbocycles. The zero-order valence-corrected chi connectivity index (χ0v) is 14.9. The number of rotatable bonds is 8. The lowest BCUT2D eigenvalue weighted by Gasteiger charge is -2.17. The lowest BCUT2D eigenvalue weighted by atomic mass is 10.1. The number of hydrogen-bond acceptors (Lipinski definition) is 3. The monoisotopic (exact) mass is 335 g/mol. The highest BCUT2D eigenvalue weighted by Crippen LogP contribution is 2.31. The van der Waals surface area contributed by atoms with Crippen LogP contribution in [0.4, 0.5) is 0 Å². The summed E-state index contributed by atoms with van der Waals surface area (Å²) in [6.07, 6.45) is 1.10. The summed E-state index contributed by atoms with van der Waals surface area (Å²) in [6.45, 7) is 5.68. The van der Waals surface area contributed by atoms with Gasteiger partial charge in [0.2, 0.25) is 0 Å². The van der Waals surface area contributed by atoms with Gasteiger partial charge in [-0.1, -0.05) is 49.4 Å². The molecule has 2 rings (SSSR count). The van der Waals surface area contributed by atoms with Gasteiger partial charge >= 0.3 is 0 Å². The summed E-state index contributed by atoms with van der Waals surface area (Å²) < 4.78 is 11.5. The van der Waals surface area contributed by atoms with Gasteiger partial charge in [0.25, 0.3) is 0 Å². The molecule has 1 atom stereocenters. The smallest absolute Gasteiger partial charge is 0.166 e. The van der Waals surface area contributed by atoms with Crippen molar-refractivity contribution in [1.82, 2.24) is 5.32 Å². The molecule has 0 aliphatic heterocycles. The number of methoxy groups -OCH3 is 1. The van der Waals surface area contributed by atoms with Crippen LogP contribution in [0.15, 0.2) is 48.5 Å². The second kappa shape index (κ2) is 10.1. The maximum Gasteiger partial charge on any atom is 0.166 e. The lowest BCUT2D eigenvalue weighted by Crippen LogP contribution is -2.24. The third kappa shape index (κ3) is 5.77. The van der Waals surface area contributed by atoms with Gasteiger partial charge in [0.05, 0.1) is 7.11 Å². The van der Waals surface area contributed by atoms with Gasteiger partial charge in [-0.05, 0) is 25.0 Å². The molecule has 0 fully saturated rings. The van der Waals surface area contributed by atoms with E-state index in [0.717, 1.165) is 35.6 Å². The molecule has 4 heteroatoms. The van der Waals surface area contributed by atoms with E-state index in [4.69, 9.17) is 9.47 Å². The predicted octanol–water partition coefficient (Wildman–Crippen LogP) is 4.58. The molecular weight excluding hydrogens is 310 g/mol. The van der Waals surface area contributed by atoms with Crippen molar-refractivity contribution in [3.8, 4) is 11.5 Å². The Morgan fingerprint density at radius 3 is 2.43 bits per heavy atom. The Morgan fingerprint density at radius 2 is 1.78 bits per heavy atom. The molecule has 126 valence electrons. The highest BCUT2D eigenvalue weighted by Gasteiger charge is 2.11. The van der Waals surface area contributed by atoms with E-state index in [0.29, 0.717) is 12.6 Å². The van der Waals surface area contributed by atoms with Crippen molar-refractivity contribution in [3.05, 3.63) is 59.7 Å². The molecule has 0 radical (unpaired) electrons. The normalized spacial score (nSPS) is 11.4. The van der Waals surface area contributed by atoms with Crippen molar-refractivity contribution in [2.75, 3.05) is 7.11 Å². The Labute approximate surface area is 145 Å². The van der Waals surface area contributed by atoms with Crippen LogP contribution in [-0.4, -0.2) is 13.2 Å². The molecule has 3 nitrogen and oxygen atoms in total. The van der Waals surface area contributed by atoms with Gasteiger partial charge in [-0.25, -0.2) is 0 Å². The Bertz CT molecular complexity index is 575. The van der Waals surface area contributed by atoms with E-state index in [1.54, 1.807) is 7.11 Å². The number of ether oxygens (including phenoxy) is 2. The molecule has 0 aliphatic rings. The summed E-state index contributed by atoms with van der Waals surface area (Å²) >= 11 is 0. The quantitative estimate of drug-likeness (QED) is 0.765. The van der Waals surface area contributed by atoms with Gasteiger partial charge in [0, 0.05) is 18.2 Å². The molecule has 2 aromatic carbocycles. The van der Waals surface area contributed by atoms with Crippen LogP contribution in [-0.2, 0) is 13.2 Å². The second-order valence-electron chi connectivity index (χ2n) is 5.41. The fraction of sp³-hybridized carbons (Fsp3) is 0.368. The summed E-state index contributed by atoms with van der Waals surface area (Å²) in [5.41, 5.74) is 2.27. The fourth-order valence-corrected chi connectivity index (χ4v) is 2.18. The van der Waals surface area contributed by atoms with Gasteiger partial charge in [-0.2, -0.15) is 0 Å². The van der Waals surface area contributed by atoms with Crippen molar-refractivity contribution in [1.29, 1.82) is 0 Å². The molecule has 0 aliphatic carbocycles. The first-order valence-electron chi connectivity index (χ1n) is 7.80. The second-order valence-corrected chi connectivity index (χ2v) is 5.41. The van der Waals surface area contributed by atoms with Crippen LogP contribution in [0, 0.1) is 0 Å².